The molecule has 2 amide bonds. The van der Waals surface area contributed by atoms with Gasteiger partial charge in [-0.05, 0) is 24.3 Å². The molecule has 0 aromatic heterocycles. The number of carbonyl (C=O) groups is 2. The van der Waals surface area contributed by atoms with E-state index in [1.807, 2.05) is 0 Å². The maximum Gasteiger partial charge on any atom is 0.254 e. The van der Waals surface area contributed by atoms with Gasteiger partial charge in [-0.2, -0.15) is 0 Å². The van der Waals surface area contributed by atoms with E-state index in [2.05, 4.69) is 10.6 Å². The lowest BCUT2D eigenvalue weighted by molar-refractivity contribution is -0.115. The molecule has 0 saturated heterocycles. The Kier molecular flexibility index (Phi) is 4.77. The van der Waals surface area contributed by atoms with Gasteiger partial charge in [0.1, 0.15) is 17.5 Å². The molecular weight excluding hydrogens is 297 g/mol. The summed E-state index contributed by atoms with van der Waals surface area (Å²) < 4.78 is 39.4. The zero-order chi connectivity index (χ0) is 16.1. The summed E-state index contributed by atoms with van der Waals surface area (Å²) in [6.07, 6.45) is 0. The van der Waals surface area contributed by atoms with Gasteiger partial charge in [-0.25, -0.2) is 13.2 Å². The van der Waals surface area contributed by atoms with Crippen molar-refractivity contribution >= 4 is 17.5 Å². The van der Waals surface area contributed by atoms with Gasteiger partial charge < -0.3 is 10.6 Å². The monoisotopic (exact) mass is 308 g/mol. The second-order valence-electron chi connectivity index (χ2n) is 4.33. The van der Waals surface area contributed by atoms with Gasteiger partial charge >= 0.3 is 0 Å². The second-order valence-corrected chi connectivity index (χ2v) is 4.33. The van der Waals surface area contributed by atoms with Crippen molar-refractivity contribution in [2.45, 2.75) is 0 Å². The Labute approximate surface area is 124 Å². The van der Waals surface area contributed by atoms with E-state index in [-0.39, 0.29) is 11.3 Å². The van der Waals surface area contributed by atoms with Gasteiger partial charge in [-0.15, -0.1) is 0 Å². The van der Waals surface area contributed by atoms with Crippen LogP contribution < -0.4 is 10.6 Å². The van der Waals surface area contributed by atoms with E-state index in [0.717, 1.165) is 18.2 Å². The second kappa shape index (κ2) is 6.75. The van der Waals surface area contributed by atoms with E-state index in [4.69, 9.17) is 0 Å². The van der Waals surface area contributed by atoms with Crippen molar-refractivity contribution in [3.05, 3.63) is 65.5 Å². The fourth-order valence-corrected chi connectivity index (χ4v) is 1.69. The third kappa shape index (κ3) is 3.85. The van der Waals surface area contributed by atoms with E-state index in [1.165, 1.54) is 18.2 Å². The molecule has 0 aliphatic carbocycles. The molecule has 22 heavy (non-hydrogen) atoms. The molecule has 2 N–H and O–H groups in total. The highest BCUT2D eigenvalue weighted by Gasteiger charge is 2.13. The lowest BCUT2D eigenvalue weighted by atomic mass is 10.2. The highest BCUT2D eigenvalue weighted by molar-refractivity contribution is 5.99. The van der Waals surface area contributed by atoms with E-state index in [0.29, 0.717) is 6.07 Å². The third-order valence-corrected chi connectivity index (χ3v) is 2.73. The first-order chi connectivity index (χ1) is 10.5. The smallest absolute Gasteiger partial charge is 0.254 e. The Morgan fingerprint density at radius 1 is 0.955 bits per heavy atom. The van der Waals surface area contributed by atoms with Crippen LogP contribution in [0.3, 0.4) is 0 Å². The van der Waals surface area contributed by atoms with Crippen LogP contribution in [0.15, 0.2) is 42.5 Å². The topological polar surface area (TPSA) is 58.2 Å². The number of amides is 2. The molecule has 0 spiro atoms. The number of hydrogen-bond acceptors (Lipinski definition) is 2. The Balaban J connectivity index is 1.93. The summed E-state index contributed by atoms with van der Waals surface area (Å²) in [5.41, 5.74) is -0.421. The Hall–Kier alpha value is -2.83. The van der Waals surface area contributed by atoms with Crippen molar-refractivity contribution < 1.29 is 22.8 Å². The number of rotatable bonds is 4. The van der Waals surface area contributed by atoms with Gasteiger partial charge in [0.2, 0.25) is 5.91 Å². The normalized spacial score (nSPS) is 10.1. The van der Waals surface area contributed by atoms with Crippen molar-refractivity contribution in [3.8, 4) is 0 Å². The molecule has 0 atom stereocenters. The zero-order valence-electron chi connectivity index (χ0n) is 11.2. The first-order valence-electron chi connectivity index (χ1n) is 6.25. The number of hydrogen-bond donors (Lipinski definition) is 2. The predicted octanol–water partition coefficient (Wildman–Crippen LogP) is 2.47. The van der Waals surface area contributed by atoms with Crippen LogP contribution in [0.2, 0.25) is 0 Å². The lowest BCUT2D eigenvalue weighted by Crippen LogP contribution is -2.33. The number of halogens is 3. The SMILES string of the molecule is O=C(CNC(=O)c1ccccc1F)Nc1ccc(F)cc1F. The fraction of sp³-hybridized carbons (Fsp3) is 0.0667. The molecule has 7 heteroatoms. The summed E-state index contributed by atoms with van der Waals surface area (Å²) in [6, 6.07) is 7.94. The fourth-order valence-electron chi connectivity index (χ4n) is 1.69. The van der Waals surface area contributed by atoms with Crippen LogP contribution in [-0.4, -0.2) is 18.4 Å². The third-order valence-electron chi connectivity index (χ3n) is 2.73. The maximum atomic E-state index is 13.4. The first-order valence-corrected chi connectivity index (χ1v) is 6.25. The average Bonchev–Trinajstić information content (AvgIpc) is 2.48. The molecule has 0 fully saturated rings. The molecule has 2 aromatic carbocycles. The van der Waals surface area contributed by atoms with Gasteiger partial charge in [-0.1, -0.05) is 12.1 Å². The summed E-state index contributed by atoms with van der Waals surface area (Å²) in [6.45, 7) is -0.482. The molecule has 2 aromatic rings. The van der Waals surface area contributed by atoms with Crippen LogP contribution in [0.25, 0.3) is 0 Å². The zero-order valence-corrected chi connectivity index (χ0v) is 11.2. The molecule has 4 nitrogen and oxygen atoms in total. The van der Waals surface area contributed by atoms with Crippen molar-refractivity contribution in [2.75, 3.05) is 11.9 Å². The van der Waals surface area contributed by atoms with Gasteiger partial charge in [0.15, 0.2) is 0 Å². The van der Waals surface area contributed by atoms with E-state index >= 15 is 0 Å². The van der Waals surface area contributed by atoms with E-state index < -0.39 is 35.8 Å². The van der Waals surface area contributed by atoms with Crippen molar-refractivity contribution in [2.24, 2.45) is 0 Å². The van der Waals surface area contributed by atoms with Crippen molar-refractivity contribution in [1.82, 2.24) is 5.32 Å². The lowest BCUT2D eigenvalue weighted by Gasteiger charge is -2.08. The number of nitrogens with one attached hydrogen (secondary N) is 2. The Morgan fingerprint density at radius 3 is 2.36 bits per heavy atom. The Morgan fingerprint density at radius 2 is 1.68 bits per heavy atom. The molecule has 2 rings (SSSR count). The molecule has 114 valence electrons. The molecule has 0 heterocycles. The van der Waals surface area contributed by atoms with Crippen LogP contribution in [0.5, 0.6) is 0 Å². The van der Waals surface area contributed by atoms with Gasteiger partial charge in [0.25, 0.3) is 5.91 Å². The summed E-state index contributed by atoms with van der Waals surface area (Å²) in [4.78, 5) is 23.3. The Bertz CT molecular complexity index is 720. The summed E-state index contributed by atoms with van der Waals surface area (Å²) in [5, 5.41) is 4.37. The van der Waals surface area contributed by atoms with Gasteiger partial charge in [-0.3, -0.25) is 9.59 Å². The predicted molar refractivity (Wildman–Crippen MR) is 73.7 cm³/mol. The van der Waals surface area contributed by atoms with Crippen LogP contribution in [0.4, 0.5) is 18.9 Å². The van der Waals surface area contributed by atoms with Crippen LogP contribution >= 0.6 is 0 Å². The molecule has 0 saturated carbocycles. The summed E-state index contributed by atoms with van der Waals surface area (Å²) in [7, 11) is 0. The van der Waals surface area contributed by atoms with Crippen LogP contribution in [0.1, 0.15) is 10.4 Å². The molecule has 0 bridgehead atoms. The quantitative estimate of drug-likeness (QED) is 0.911. The largest absolute Gasteiger partial charge is 0.343 e. The minimum Gasteiger partial charge on any atom is -0.343 e. The summed E-state index contributed by atoms with van der Waals surface area (Å²) >= 11 is 0. The van der Waals surface area contributed by atoms with Crippen LogP contribution in [0, 0.1) is 17.5 Å². The molecule has 0 aliphatic rings. The highest BCUT2D eigenvalue weighted by Crippen LogP contribution is 2.14. The van der Waals surface area contributed by atoms with Gasteiger partial charge in [0, 0.05) is 6.07 Å². The van der Waals surface area contributed by atoms with E-state index in [1.54, 1.807) is 0 Å². The average molecular weight is 308 g/mol. The molecule has 0 radical (unpaired) electrons. The molecular formula is C15H11F3N2O2. The molecule has 0 unspecified atom stereocenters. The van der Waals surface area contributed by atoms with Crippen molar-refractivity contribution in [1.29, 1.82) is 0 Å². The van der Waals surface area contributed by atoms with Crippen LogP contribution in [-0.2, 0) is 4.79 Å². The standard InChI is InChI=1S/C15H11F3N2O2/c16-9-5-6-13(12(18)7-9)20-14(21)8-19-15(22)10-3-1-2-4-11(10)17/h1-7H,8H2,(H,19,22)(H,20,21). The van der Waals surface area contributed by atoms with E-state index in [9.17, 15) is 22.8 Å². The number of carbonyl (C=O) groups excluding carboxylic acids is 2. The van der Waals surface area contributed by atoms with Crippen molar-refractivity contribution in [3.63, 3.8) is 0 Å². The summed E-state index contributed by atoms with van der Waals surface area (Å²) in [5.74, 6) is -3.93. The maximum absolute atomic E-state index is 13.4. The minimum atomic E-state index is -0.936. The number of anilines is 1. The van der Waals surface area contributed by atoms with Gasteiger partial charge in [0.05, 0.1) is 17.8 Å². The molecule has 0 aliphatic heterocycles. The highest BCUT2D eigenvalue weighted by atomic mass is 19.1. The number of benzene rings is 2. The minimum absolute atomic E-state index is 0.205. The first kappa shape index (κ1) is 15.6.